The summed E-state index contributed by atoms with van der Waals surface area (Å²) >= 11 is 7.44. The van der Waals surface area contributed by atoms with Crippen LogP contribution in [0.5, 0.6) is 5.88 Å². The molecule has 5 heterocycles. The van der Waals surface area contributed by atoms with Crippen molar-refractivity contribution in [2.24, 2.45) is 0 Å². The van der Waals surface area contributed by atoms with Gasteiger partial charge in [0.05, 0.1) is 36.8 Å². The third kappa shape index (κ3) is 7.62. The quantitative estimate of drug-likeness (QED) is 0.111. The summed E-state index contributed by atoms with van der Waals surface area (Å²) in [6, 6.07) is 16.7. The maximum Gasteiger partial charge on any atom is 0.213 e. The van der Waals surface area contributed by atoms with Gasteiger partial charge in [-0.2, -0.15) is 0 Å². The summed E-state index contributed by atoms with van der Waals surface area (Å²) in [6.07, 6.45) is 3.24. The number of fused-ring (bicyclic) bond motifs is 1. The Morgan fingerprint density at radius 2 is 1.94 bits per heavy atom. The molecule has 2 aliphatic rings. The average molecular weight is 678 g/mol. The molecule has 2 fully saturated rings. The second-order valence-corrected chi connectivity index (χ2v) is 13.4. The van der Waals surface area contributed by atoms with E-state index in [4.69, 9.17) is 35.8 Å². The van der Waals surface area contributed by atoms with Crippen molar-refractivity contribution in [1.82, 2.24) is 34.6 Å². The molecule has 0 radical (unpaired) electrons. The topological polar surface area (TPSA) is 103 Å². The largest absolute Gasteiger partial charge is 0.473 e. The van der Waals surface area contributed by atoms with Gasteiger partial charge < -0.3 is 18.8 Å². The predicted molar refractivity (Wildman–Crippen MR) is 179 cm³/mol. The Balaban J connectivity index is 1.01. The maximum absolute atomic E-state index is 14.2. The van der Waals surface area contributed by atoms with Gasteiger partial charge in [0.15, 0.2) is 5.82 Å². The fourth-order valence-corrected chi connectivity index (χ4v) is 6.91. The lowest BCUT2D eigenvalue weighted by atomic mass is 9.93. The third-order valence-corrected chi connectivity index (χ3v) is 9.82. The highest BCUT2D eigenvalue weighted by atomic mass is 35.5. The molecule has 1 atom stereocenters. The van der Waals surface area contributed by atoms with Gasteiger partial charge in [0.25, 0.3) is 0 Å². The highest BCUT2D eigenvalue weighted by Crippen LogP contribution is 2.31. The van der Waals surface area contributed by atoms with Crippen molar-refractivity contribution in [1.29, 1.82) is 0 Å². The second-order valence-electron chi connectivity index (χ2n) is 11.9. The van der Waals surface area contributed by atoms with E-state index in [0.29, 0.717) is 34.1 Å². The molecular weight excluding hydrogens is 641 g/mol. The molecular formula is C34H37ClFN7O3S. The number of hydrogen-bond donors (Lipinski definition) is 1. The van der Waals surface area contributed by atoms with E-state index in [2.05, 4.69) is 48.9 Å². The van der Waals surface area contributed by atoms with E-state index in [0.717, 1.165) is 91.7 Å². The highest BCUT2D eigenvalue weighted by molar-refractivity contribution is 7.99. The molecule has 0 amide bonds. The summed E-state index contributed by atoms with van der Waals surface area (Å²) in [4.78, 5) is 17.0. The zero-order valence-electron chi connectivity index (χ0n) is 26.2. The van der Waals surface area contributed by atoms with Gasteiger partial charge in [-0.25, -0.2) is 19.3 Å². The Morgan fingerprint density at radius 3 is 2.72 bits per heavy atom. The van der Waals surface area contributed by atoms with Gasteiger partial charge in [0.1, 0.15) is 18.2 Å². The number of ether oxygens (including phenoxy) is 3. The Labute approximate surface area is 282 Å². The molecule has 246 valence electrons. The Kier molecular flexibility index (Phi) is 10.0. The number of benzene rings is 2. The van der Waals surface area contributed by atoms with Crippen LogP contribution in [0.4, 0.5) is 4.39 Å². The molecule has 3 aromatic heterocycles. The number of likely N-dealkylation sites (tertiary alicyclic amines) is 1. The molecule has 1 N–H and O–H groups in total. The van der Waals surface area contributed by atoms with Crippen LogP contribution in [0.3, 0.4) is 0 Å². The minimum atomic E-state index is -0.382. The van der Waals surface area contributed by atoms with E-state index in [1.807, 2.05) is 12.1 Å². The van der Waals surface area contributed by atoms with Crippen LogP contribution in [0.1, 0.15) is 42.3 Å². The molecule has 7 rings (SSSR count). The molecule has 2 aliphatic heterocycles. The number of imidazole rings is 1. The van der Waals surface area contributed by atoms with Crippen LogP contribution < -0.4 is 4.74 Å². The first-order valence-corrected chi connectivity index (χ1v) is 17.3. The number of H-pyrrole nitrogens is 1. The van der Waals surface area contributed by atoms with Crippen molar-refractivity contribution in [3.8, 4) is 17.3 Å². The number of methoxy groups -OCH3 is 1. The van der Waals surface area contributed by atoms with E-state index in [1.54, 1.807) is 31.0 Å². The summed E-state index contributed by atoms with van der Waals surface area (Å²) in [7, 11) is 1.69. The summed E-state index contributed by atoms with van der Waals surface area (Å²) in [5, 5.41) is 8.50. The number of piperidine rings is 1. The first-order chi connectivity index (χ1) is 23.0. The van der Waals surface area contributed by atoms with Gasteiger partial charge in [-0.1, -0.05) is 35.5 Å². The average Bonchev–Trinajstić information content (AvgIpc) is 3.67. The Bertz CT molecular complexity index is 1820. The molecule has 13 heteroatoms. The monoisotopic (exact) mass is 677 g/mol. The molecule has 0 unspecified atom stereocenters. The fraction of sp³-hybridized carbons (Fsp3) is 0.412. The molecule has 0 bridgehead atoms. The highest BCUT2D eigenvalue weighted by Gasteiger charge is 2.26. The number of nitrogens with zero attached hydrogens (tertiary/aromatic N) is 6. The second kappa shape index (κ2) is 14.7. The maximum atomic E-state index is 14.2. The summed E-state index contributed by atoms with van der Waals surface area (Å²) < 4.78 is 33.3. The molecule has 0 aliphatic carbocycles. The van der Waals surface area contributed by atoms with Crippen LogP contribution in [-0.2, 0) is 29.2 Å². The number of hydrogen-bond acceptors (Lipinski definition) is 9. The number of nitrogens with one attached hydrogen (secondary N) is 1. The van der Waals surface area contributed by atoms with Crippen LogP contribution in [-0.4, -0.2) is 79.9 Å². The number of aromatic nitrogens is 6. The van der Waals surface area contributed by atoms with E-state index < -0.39 is 0 Å². The first kappa shape index (κ1) is 32.0. The Hall–Kier alpha value is -3.55. The van der Waals surface area contributed by atoms with Crippen LogP contribution in [0.2, 0.25) is 5.02 Å². The number of halogens is 2. The van der Waals surface area contributed by atoms with Crippen molar-refractivity contribution in [3.05, 3.63) is 82.5 Å². The molecule has 47 heavy (non-hydrogen) atoms. The number of pyridine rings is 1. The summed E-state index contributed by atoms with van der Waals surface area (Å²) in [5.74, 6) is 3.01. The van der Waals surface area contributed by atoms with Crippen molar-refractivity contribution >= 4 is 34.4 Å². The van der Waals surface area contributed by atoms with Crippen LogP contribution in [0.25, 0.3) is 22.4 Å². The van der Waals surface area contributed by atoms with Crippen LogP contribution >= 0.6 is 23.4 Å². The van der Waals surface area contributed by atoms with E-state index in [1.165, 1.54) is 6.07 Å². The molecule has 10 nitrogen and oxygen atoms in total. The lowest BCUT2D eigenvalue weighted by molar-refractivity contribution is -0.0592. The van der Waals surface area contributed by atoms with Crippen LogP contribution in [0, 0.1) is 5.82 Å². The predicted octanol–water partition coefficient (Wildman–Crippen LogP) is 6.49. The summed E-state index contributed by atoms with van der Waals surface area (Å²) in [5.41, 5.74) is 4.45. The van der Waals surface area contributed by atoms with Gasteiger partial charge in [-0.15, -0.1) is 5.10 Å². The van der Waals surface area contributed by atoms with Crippen molar-refractivity contribution in [3.63, 3.8) is 0 Å². The number of aromatic amines is 1. The third-order valence-electron chi connectivity index (χ3n) is 8.77. The molecule has 5 aromatic rings. The van der Waals surface area contributed by atoms with Gasteiger partial charge in [-0.3, -0.25) is 10.00 Å². The number of rotatable bonds is 13. The molecule has 0 saturated carbocycles. The molecule has 2 aromatic carbocycles. The van der Waals surface area contributed by atoms with Gasteiger partial charge in [0.2, 0.25) is 11.0 Å². The lowest BCUT2D eigenvalue weighted by Crippen LogP contribution is -2.35. The van der Waals surface area contributed by atoms with Gasteiger partial charge in [0, 0.05) is 53.3 Å². The van der Waals surface area contributed by atoms with Crippen molar-refractivity contribution < 1.29 is 18.6 Å². The zero-order chi connectivity index (χ0) is 32.2. The minimum Gasteiger partial charge on any atom is -0.473 e. The van der Waals surface area contributed by atoms with Crippen molar-refractivity contribution in [2.75, 3.05) is 39.2 Å². The first-order valence-electron chi connectivity index (χ1n) is 15.9. The van der Waals surface area contributed by atoms with E-state index >= 15 is 0 Å². The zero-order valence-corrected chi connectivity index (χ0v) is 27.8. The van der Waals surface area contributed by atoms with E-state index in [-0.39, 0.29) is 18.5 Å². The normalized spacial score (nSPS) is 17.3. The molecule has 2 saturated heterocycles. The Morgan fingerprint density at radius 1 is 1.06 bits per heavy atom. The number of thioether (sulfide) groups is 1. The smallest absolute Gasteiger partial charge is 0.213 e. The van der Waals surface area contributed by atoms with Gasteiger partial charge >= 0.3 is 0 Å². The lowest BCUT2D eigenvalue weighted by Gasteiger charge is -2.32. The summed E-state index contributed by atoms with van der Waals surface area (Å²) in [6.45, 7) is 4.98. The molecule has 0 spiro atoms. The standard InChI is InChI=1S/C34H37ClFN7O3S/c1-44-15-16-47-34-39-33(40-41-34)23-6-8-30-29(17-23)37-31(43(30)19-26-11-14-45-26)20-42-12-9-22(10-13-42)28-3-2-4-32(38-28)46-21-24-5-7-25(35)18-27(24)36/h2-8,17-18,22,26H,9-16,19-21H2,1H3,(H,39,40,41)/t26-/m0/s1. The van der Waals surface area contributed by atoms with E-state index in [9.17, 15) is 4.39 Å². The minimum absolute atomic E-state index is 0.0969. The van der Waals surface area contributed by atoms with Gasteiger partial charge in [-0.05, 0) is 68.8 Å². The fourth-order valence-electron chi connectivity index (χ4n) is 6.06. The van der Waals surface area contributed by atoms with Crippen LogP contribution in [0.15, 0.2) is 59.8 Å². The SMILES string of the molecule is COCCSc1n[nH]c(-c2ccc3c(c2)nc(CN2CCC(c4cccc(OCc5ccc(Cl)cc5F)n4)CC2)n3C[C@@H]2CCO2)n1. The van der Waals surface area contributed by atoms with Crippen molar-refractivity contribution in [2.45, 2.75) is 56.1 Å².